The van der Waals surface area contributed by atoms with Gasteiger partial charge in [0.15, 0.2) is 0 Å². The van der Waals surface area contributed by atoms with Crippen molar-refractivity contribution < 1.29 is 27.1 Å². The topological polar surface area (TPSA) is 97.7 Å². The molecule has 0 radical (unpaired) electrons. The second-order valence-corrected chi connectivity index (χ2v) is 14.9. The number of hydrogen-bond donors (Lipinski definition) is 4. The smallest absolute Gasteiger partial charge is 0.762 e. The fourth-order valence-electron chi connectivity index (χ4n) is 5.99. The predicted octanol–water partition coefficient (Wildman–Crippen LogP) is 9.82. The molecule has 1 aliphatic rings. The predicted molar refractivity (Wildman–Crippen MR) is 244 cm³/mol. The third-order valence-corrected chi connectivity index (χ3v) is 8.88. The Balaban J connectivity index is 0. The zero-order valence-electron chi connectivity index (χ0n) is 37.1. The fourth-order valence-corrected chi connectivity index (χ4v) is 5.99. The van der Waals surface area contributed by atoms with Gasteiger partial charge in [-0.15, -0.1) is 0 Å². The van der Waals surface area contributed by atoms with Gasteiger partial charge in [-0.1, -0.05) is 135 Å². The molecule has 0 fully saturated rings. The van der Waals surface area contributed by atoms with Gasteiger partial charge < -0.3 is 31.5 Å². The molecule has 3 aromatic rings. The first-order valence-corrected chi connectivity index (χ1v) is 20.6. The van der Waals surface area contributed by atoms with Gasteiger partial charge in [-0.2, -0.15) is 0 Å². The molecule has 12 heteroatoms. The van der Waals surface area contributed by atoms with E-state index >= 15 is 0 Å². The fraction of sp³-hybridized carbons (Fsp3) is 0.468. The number of anilines is 3. The lowest BCUT2D eigenvalue weighted by Gasteiger charge is -2.22. The summed E-state index contributed by atoms with van der Waals surface area (Å²) in [6.07, 6.45) is 12.4. The van der Waals surface area contributed by atoms with E-state index in [1.807, 2.05) is 13.0 Å². The van der Waals surface area contributed by atoms with Crippen LogP contribution in [0.1, 0.15) is 141 Å². The quantitative estimate of drug-likeness (QED) is 0.0695. The Morgan fingerprint density at radius 3 is 1.56 bits per heavy atom. The Bertz CT molecular complexity index is 1690. The van der Waals surface area contributed by atoms with E-state index < -0.39 is 7.54 Å². The van der Waals surface area contributed by atoms with Crippen LogP contribution in [-0.2, 0) is 4.74 Å². The molecule has 0 unspecified atom stereocenters. The lowest BCUT2D eigenvalue weighted by molar-refractivity contribution is -0.0000169. The average molecular weight is 829 g/mol. The summed E-state index contributed by atoms with van der Waals surface area (Å²) < 4.78 is 34.9. The van der Waals surface area contributed by atoms with Crippen LogP contribution in [0, 0.1) is 0 Å². The number of unbranched alkanes of at least 4 members (excludes halogenated alkanes) is 1. The first-order chi connectivity index (χ1) is 27.2. The maximum Gasteiger partial charge on any atom is 0.762 e. The lowest BCUT2D eigenvalue weighted by Crippen LogP contribution is -3.00. The van der Waals surface area contributed by atoms with Crippen molar-refractivity contribution in [3.8, 4) is 0 Å². The van der Waals surface area contributed by atoms with E-state index in [2.05, 4.69) is 158 Å². The van der Waals surface area contributed by atoms with E-state index in [9.17, 15) is 12.9 Å². The molecule has 0 amide bonds. The van der Waals surface area contributed by atoms with E-state index in [1.165, 1.54) is 33.6 Å². The van der Waals surface area contributed by atoms with Gasteiger partial charge >= 0.3 is 7.54 Å². The van der Waals surface area contributed by atoms with Crippen LogP contribution in [0.4, 0.5) is 34.7 Å². The van der Waals surface area contributed by atoms with Crippen LogP contribution < -0.4 is 32.2 Å². The summed E-state index contributed by atoms with van der Waals surface area (Å²) in [5, 5.41) is 8.41. The maximum absolute atomic E-state index is 9.67. The number of nitrogens with two attached hydrogens (primary N) is 2. The van der Waals surface area contributed by atoms with Crippen molar-refractivity contribution in [3.63, 3.8) is 0 Å². The molecule has 4 rings (SSSR count). The van der Waals surface area contributed by atoms with Crippen molar-refractivity contribution in [1.82, 2.24) is 0 Å². The summed E-state index contributed by atoms with van der Waals surface area (Å²) in [6.45, 7) is 25.2. The van der Waals surface area contributed by atoms with Crippen LogP contribution in [-0.4, -0.2) is 33.8 Å². The Kier molecular flexibility index (Phi) is 31.2. The first kappa shape index (κ1) is 56.7. The third-order valence-electron chi connectivity index (χ3n) is 8.88. The van der Waals surface area contributed by atoms with Crippen molar-refractivity contribution in [1.29, 1.82) is 0 Å². The summed E-state index contributed by atoms with van der Waals surface area (Å²) in [7, 11) is -3.67. The van der Waals surface area contributed by atoms with E-state index in [-0.39, 0.29) is 9.41 Å². The Labute approximate surface area is 352 Å². The van der Waals surface area contributed by atoms with Crippen molar-refractivity contribution in [2.45, 2.75) is 119 Å². The Hall–Kier alpha value is -4.42. The van der Waals surface area contributed by atoms with Gasteiger partial charge in [0.1, 0.15) is 5.76 Å². The molecule has 0 spiro atoms. The number of rotatable bonds is 15. The normalized spacial score (nSPS) is 11.9. The second-order valence-electron chi connectivity index (χ2n) is 14.9. The van der Waals surface area contributed by atoms with Crippen LogP contribution in [0.3, 0.4) is 0 Å². The highest BCUT2D eigenvalue weighted by molar-refractivity contribution is 6.33. The minimum absolute atomic E-state index is 0. The summed E-state index contributed by atoms with van der Waals surface area (Å²) in [4.78, 5) is 4.75. The number of nitrogens with zero attached hydrogens (tertiary/aromatic N) is 1. The third kappa shape index (κ3) is 21.4. The average Bonchev–Trinajstić information content (AvgIpc) is 3.53. The minimum Gasteiger partial charge on any atom is -1.00 e. The van der Waals surface area contributed by atoms with Crippen LogP contribution in [0.15, 0.2) is 107 Å². The van der Waals surface area contributed by atoms with Crippen molar-refractivity contribution in [2.75, 3.05) is 36.9 Å². The van der Waals surface area contributed by atoms with Crippen LogP contribution >= 0.6 is 0 Å². The maximum atomic E-state index is 9.67. The molecule has 0 saturated heterocycles. The summed E-state index contributed by atoms with van der Waals surface area (Å²) in [5.74, 6) is 2.89. The largest absolute Gasteiger partial charge is 1.00 e. The molecule has 0 aromatic heterocycles. The summed E-state index contributed by atoms with van der Waals surface area (Å²) in [5.41, 5.74) is 20.3. The molecular weight excluding hydrogens is 756 g/mol. The molecule has 6 nitrogen and oxygen atoms in total. The molecule has 6 N–H and O–H groups in total. The number of para-hydroxylation sites is 2. The molecule has 1 aliphatic carbocycles. The molecule has 0 atom stereocenters. The Morgan fingerprint density at radius 2 is 1.14 bits per heavy atom. The van der Waals surface area contributed by atoms with E-state index in [0.717, 1.165) is 67.8 Å². The highest BCUT2D eigenvalue weighted by atomic mass is 19.4. The van der Waals surface area contributed by atoms with Gasteiger partial charge in [-0.05, 0) is 103 Å². The van der Waals surface area contributed by atoms with Gasteiger partial charge in [0.2, 0.25) is 0 Å². The summed E-state index contributed by atoms with van der Waals surface area (Å²) >= 11 is 0. The van der Waals surface area contributed by atoms with Gasteiger partial charge in [-0.3, -0.25) is 22.6 Å². The zero-order valence-corrected chi connectivity index (χ0v) is 37.1. The molecule has 0 bridgehead atoms. The lowest BCUT2D eigenvalue weighted by atomic mass is 9.92. The summed E-state index contributed by atoms with van der Waals surface area (Å²) in [6, 6.07) is 23.6. The number of halogens is 5. The standard InChI is InChI=1S/C22H30N2.C21H29NO.C4H12N2.BF3.2FH/c1-6-15-23-20-13-8-7-9-14-21(20)24-22-18(16(2)3)11-10-12-19(22)17(4)5;1-6-23-20-14-9-7-8-13-19(20)22-21-17(15(2)3)11-10-12-18(21)16(4)5;5-3-1-2-4-6;2-1(3)4;;/h7-14,16-17H,6,15H2,1-5H3,(H,23,24);7-13,15-16,22H,6,14H2,1-5H3;1-6H2;;2*1H/p-1. The minimum atomic E-state index is -3.67. The molecule has 330 valence electrons. The number of benzene rings is 2. The van der Waals surface area contributed by atoms with Crippen LogP contribution in [0.25, 0.3) is 0 Å². The van der Waals surface area contributed by atoms with Crippen molar-refractivity contribution >= 4 is 24.6 Å². The Morgan fingerprint density at radius 1 is 0.678 bits per heavy atom. The van der Waals surface area contributed by atoms with Crippen LogP contribution in [0.5, 0.6) is 0 Å². The number of ether oxygens (including phenoxy) is 1. The molecular formula is C47H72BF5N5O-. The van der Waals surface area contributed by atoms with Crippen molar-refractivity contribution in [3.05, 3.63) is 130 Å². The van der Waals surface area contributed by atoms with Gasteiger partial charge in [-0.25, -0.2) is 0 Å². The zero-order chi connectivity index (χ0) is 42.8. The first-order valence-electron chi connectivity index (χ1n) is 20.6. The number of nitrogens with one attached hydrogen (secondary N) is 2. The SMILES string of the molecule is CCCN=c1cccccc1Nc1c(C(C)C)cccc1C(C)C.CCOC1=C(Nc2c(C(C)C)cccc2C(C)C)C=CC=CC1.F.FB(F)F.NCCCCN.[F-]. The van der Waals surface area contributed by atoms with Gasteiger partial charge in [0, 0.05) is 24.3 Å². The van der Waals surface area contributed by atoms with Gasteiger partial charge in [0.25, 0.3) is 0 Å². The molecule has 0 saturated carbocycles. The van der Waals surface area contributed by atoms with Crippen LogP contribution in [0.2, 0.25) is 0 Å². The van der Waals surface area contributed by atoms with E-state index in [4.69, 9.17) is 21.2 Å². The highest BCUT2D eigenvalue weighted by Crippen LogP contribution is 2.35. The molecule has 0 heterocycles. The molecule has 3 aromatic carbocycles. The van der Waals surface area contributed by atoms with E-state index in [1.54, 1.807) is 0 Å². The van der Waals surface area contributed by atoms with E-state index in [0.29, 0.717) is 30.3 Å². The molecule has 59 heavy (non-hydrogen) atoms. The molecule has 0 aliphatic heterocycles. The van der Waals surface area contributed by atoms with Crippen molar-refractivity contribution in [2.24, 2.45) is 16.5 Å². The highest BCUT2D eigenvalue weighted by Gasteiger charge is 2.17. The number of hydrogen-bond acceptors (Lipinski definition) is 6. The number of allylic oxidation sites excluding steroid dienone is 4. The second kappa shape index (κ2) is 32.4. The van der Waals surface area contributed by atoms with Gasteiger partial charge in [0.05, 0.1) is 23.3 Å². The monoisotopic (exact) mass is 829 g/mol.